The maximum absolute atomic E-state index is 8.11. The van der Waals surface area contributed by atoms with Crippen molar-refractivity contribution in [3.8, 4) is 0 Å². The minimum absolute atomic E-state index is 0. The van der Waals surface area contributed by atoms with Gasteiger partial charge in [0.15, 0.2) is 5.34 Å². The van der Waals surface area contributed by atoms with Gasteiger partial charge in [0.05, 0.1) is 0 Å². The van der Waals surface area contributed by atoms with Crippen LogP contribution in [0.15, 0.2) is 5.34 Å². The average molecular weight is 113 g/mol. The molecule has 0 aromatic carbocycles. The number of rotatable bonds is 0. The number of hydrogen-bond donors (Lipinski definition) is 1. The molecule has 0 fully saturated rings. The molecule has 5 heteroatoms. The second kappa shape index (κ2) is 17.4. The summed E-state index contributed by atoms with van der Waals surface area (Å²) in [7, 11) is 0. The molecule has 3 nitrogen and oxygen atoms in total. The van der Waals surface area contributed by atoms with Crippen LogP contribution in [0.3, 0.4) is 0 Å². The predicted molar refractivity (Wildman–Crippen MR) is 16.7 cm³/mol. The summed E-state index contributed by atoms with van der Waals surface area (Å²) < 4.78 is 0. The van der Waals surface area contributed by atoms with Gasteiger partial charge in [0.2, 0.25) is 0 Å². The van der Waals surface area contributed by atoms with E-state index >= 15 is 0 Å². The quantitative estimate of drug-likeness (QED) is 0.208. The Balaban J connectivity index is -0.00000000200. The van der Waals surface area contributed by atoms with E-state index in [9.17, 15) is 0 Å². The van der Waals surface area contributed by atoms with Crippen molar-refractivity contribution >= 4 is 37.7 Å². The van der Waals surface area contributed by atoms with Crippen molar-refractivity contribution < 1.29 is 39.0 Å². The van der Waals surface area contributed by atoms with Gasteiger partial charge in [0.25, 0.3) is 0 Å². The molecule has 0 heterocycles. The van der Waals surface area contributed by atoms with E-state index in [1.807, 2.05) is 0 Å². The van der Waals surface area contributed by atoms with E-state index in [4.69, 9.17) is 10.1 Å². The predicted octanol–water partition coefficient (Wildman–Crippen LogP) is -2.90. The topological polar surface area (TPSA) is 49.7 Å². The molecule has 0 rings (SSSR count). The zero-order chi connectivity index (χ0) is 2.71. The summed E-state index contributed by atoms with van der Waals surface area (Å²) in [6, 6.07) is 0. The summed E-state index contributed by atoms with van der Waals surface area (Å²) in [6.07, 6.45) is 0. The molecule has 0 atom stereocenters. The third-order valence-corrected chi connectivity index (χ3v) is 0. The molecule has 0 aromatic rings. The molecule has 0 aliphatic rings. The smallest absolute Gasteiger partial charge is 1.00 e. The van der Waals surface area contributed by atoms with E-state index in [-0.39, 0.29) is 71.6 Å². The maximum atomic E-state index is 8.11. The Labute approximate surface area is 85.8 Å². The molecule has 5 heavy (non-hydrogen) atoms. The number of nitrogens with zero attached hydrogens (tertiary/aromatic N) is 1. The fraction of sp³-hybridized carbons (Fsp3) is 0. The SMILES string of the molecule is O=NO.[Ca+2].[H-].[H-].[H-].[Na+]. The van der Waals surface area contributed by atoms with Crippen molar-refractivity contribution in [2.75, 3.05) is 0 Å². The van der Waals surface area contributed by atoms with Crippen LogP contribution in [0.1, 0.15) is 4.28 Å². The largest absolute Gasteiger partial charge is 2.00 e. The summed E-state index contributed by atoms with van der Waals surface area (Å²) >= 11 is 0. The van der Waals surface area contributed by atoms with Crippen LogP contribution in [0.2, 0.25) is 0 Å². The van der Waals surface area contributed by atoms with Crippen molar-refractivity contribution in [1.82, 2.24) is 0 Å². The van der Waals surface area contributed by atoms with Crippen molar-refractivity contribution in [3.63, 3.8) is 0 Å². The molecule has 0 aliphatic carbocycles. The minimum Gasteiger partial charge on any atom is -1.00 e. The van der Waals surface area contributed by atoms with Gasteiger partial charge in [-0.15, -0.1) is 4.91 Å². The van der Waals surface area contributed by atoms with E-state index in [0.717, 1.165) is 0 Å². The summed E-state index contributed by atoms with van der Waals surface area (Å²) in [4.78, 5) is 8.11. The normalized spacial score (nSPS) is 2.40. The molecule has 0 aromatic heterocycles. The van der Waals surface area contributed by atoms with Crippen LogP contribution >= 0.6 is 0 Å². The van der Waals surface area contributed by atoms with E-state index in [2.05, 4.69) is 0 Å². The first-order valence-corrected chi connectivity index (χ1v) is 0.383. The maximum Gasteiger partial charge on any atom is 2.00 e. The van der Waals surface area contributed by atoms with Crippen LogP contribution < -0.4 is 29.6 Å². The van der Waals surface area contributed by atoms with Crippen molar-refractivity contribution in [1.29, 1.82) is 0 Å². The Hall–Kier alpha value is 1.66. The van der Waals surface area contributed by atoms with Gasteiger partial charge in [-0.25, -0.2) is 0 Å². The van der Waals surface area contributed by atoms with E-state index in [0.29, 0.717) is 0 Å². The van der Waals surface area contributed by atoms with Gasteiger partial charge in [0, 0.05) is 0 Å². The molecular weight excluding hydrogens is 109 g/mol. The Kier molecular flexibility index (Phi) is 55.3. The molecule has 0 unspecified atom stereocenters. The minimum atomic E-state index is 0. The Bertz CT molecular complexity index is 24.8. The zero-order valence-corrected chi connectivity index (χ0v) is 7.22. The van der Waals surface area contributed by atoms with Crippen LogP contribution in [-0.4, -0.2) is 42.9 Å². The molecule has 24 valence electrons. The molecule has 0 radical (unpaired) electrons. The van der Waals surface area contributed by atoms with Crippen LogP contribution in [0, 0.1) is 4.91 Å². The van der Waals surface area contributed by atoms with Gasteiger partial charge >= 0.3 is 67.3 Å². The van der Waals surface area contributed by atoms with Crippen LogP contribution in [0.25, 0.3) is 0 Å². The van der Waals surface area contributed by atoms with Gasteiger partial charge in [-0.05, 0) is 0 Å². The van der Waals surface area contributed by atoms with Crippen molar-refractivity contribution in [3.05, 3.63) is 4.91 Å². The van der Waals surface area contributed by atoms with Gasteiger partial charge in [-0.2, -0.15) is 0 Å². The first kappa shape index (κ1) is 15.9. The Morgan fingerprint density at radius 1 is 1.80 bits per heavy atom. The first-order chi connectivity index (χ1) is 1.41. The van der Waals surface area contributed by atoms with Crippen molar-refractivity contribution in [2.24, 2.45) is 5.34 Å². The standard InChI is InChI=1S/Ca.HNO2.Na.3H/c;2-1-3;;;;/h;(H,2,3);;;;/q+2;;+1;3*-1. The summed E-state index contributed by atoms with van der Waals surface area (Å²) in [5, 5.41) is 7.89. The molecule has 0 saturated carbocycles. The van der Waals surface area contributed by atoms with Gasteiger partial charge in [-0.1, -0.05) is 0 Å². The third kappa shape index (κ3) is 27.5. The fourth-order valence-electron chi connectivity index (χ4n) is 0. The Morgan fingerprint density at radius 3 is 1.80 bits per heavy atom. The van der Waals surface area contributed by atoms with Crippen LogP contribution in [0.5, 0.6) is 0 Å². The Morgan fingerprint density at radius 2 is 1.80 bits per heavy atom. The fourth-order valence-corrected chi connectivity index (χ4v) is 0. The summed E-state index contributed by atoms with van der Waals surface area (Å²) in [5.74, 6) is 0. The van der Waals surface area contributed by atoms with Gasteiger partial charge in [-0.3, -0.25) is 0 Å². The molecule has 0 amide bonds. The molecule has 0 saturated heterocycles. The molecule has 1 N–H and O–H groups in total. The first-order valence-electron chi connectivity index (χ1n) is 0.383. The van der Waals surface area contributed by atoms with E-state index in [1.165, 1.54) is 5.34 Å². The van der Waals surface area contributed by atoms with E-state index < -0.39 is 0 Å². The zero-order valence-electron chi connectivity index (χ0n) is 6.01. The monoisotopic (exact) mass is 113 g/mol. The molecule has 0 bridgehead atoms. The average Bonchev–Trinajstić information content (AvgIpc) is 0.918. The second-order valence-corrected chi connectivity index (χ2v) is 0.0816. The third-order valence-electron chi connectivity index (χ3n) is 0. The van der Waals surface area contributed by atoms with Crippen LogP contribution in [0.4, 0.5) is 0 Å². The van der Waals surface area contributed by atoms with Crippen LogP contribution in [-0.2, 0) is 0 Å². The summed E-state index contributed by atoms with van der Waals surface area (Å²) in [6.45, 7) is 0. The van der Waals surface area contributed by atoms with Gasteiger partial charge in [0.1, 0.15) is 0 Å². The molecular formula is H4CaNNaO2. The molecule has 0 spiro atoms. The number of hydrogen-bond acceptors (Lipinski definition) is 2. The summed E-state index contributed by atoms with van der Waals surface area (Å²) in [5.41, 5.74) is 0. The van der Waals surface area contributed by atoms with Crippen molar-refractivity contribution in [2.45, 2.75) is 0 Å². The van der Waals surface area contributed by atoms with Gasteiger partial charge < -0.3 is 9.49 Å². The second-order valence-electron chi connectivity index (χ2n) is 0.0816. The van der Waals surface area contributed by atoms with E-state index in [1.54, 1.807) is 0 Å². The molecule has 0 aliphatic heterocycles.